The standard InChI is InChI=1S/C51H49N4O.Pt/c1-49(2,3)36-17-19-38(20-18-36)55-44-15-11-14-39(41-29-33(16-21-45(41)56)32-22-25-52-26-23-32)47(44)54-48(55)35-13-10-12-34(28-35)40-30-37(50(4,5)6)31-42-43(51(7,8)9)24-27-53-46(40)42;/h10-27,29-31,56H,1-9H3;/q-1;. The molecule has 0 saturated carbocycles. The van der Waals surface area contributed by atoms with Crippen molar-refractivity contribution in [1.82, 2.24) is 19.5 Å². The molecule has 0 aliphatic rings. The number of pyridine rings is 2. The second-order valence-corrected chi connectivity index (χ2v) is 18.0. The number of hydrogen-bond donors (Lipinski definition) is 1. The van der Waals surface area contributed by atoms with Crippen molar-refractivity contribution in [3.63, 3.8) is 0 Å². The van der Waals surface area contributed by atoms with Gasteiger partial charge >= 0.3 is 0 Å². The fourth-order valence-corrected chi connectivity index (χ4v) is 7.65. The maximum Gasteiger partial charge on any atom is 0.123 e. The van der Waals surface area contributed by atoms with E-state index in [1.54, 1.807) is 18.5 Å². The Labute approximate surface area is 351 Å². The molecule has 57 heavy (non-hydrogen) atoms. The first-order chi connectivity index (χ1) is 26.6. The first-order valence-electron chi connectivity index (χ1n) is 19.4. The van der Waals surface area contributed by atoms with E-state index in [0.717, 1.165) is 61.4 Å². The second kappa shape index (κ2) is 14.8. The number of rotatable bonds is 5. The Morgan fingerprint density at radius 1 is 0.561 bits per heavy atom. The molecule has 0 saturated heterocycles. The molecule has 0 unspecified atom stereocenters. The fourth-order valence-electron chi connectivity index (χ4n) is 7.65. The zero-order chi connectivity index (χ0) is 39.6. The van der Waals surface area contributed by atoms with Crippen molar-refractivity contribution < 1.29 is 26.2 Å². The molecule has 3 heterocycles. The van der Waals surface area contributed by atoms with Crippen LogP contribution in [0.3, 0.4) is 0 Å². The van der Waals surface area contributed by atoms with Crippen molar-refractivity contribution in [2.75, 3.05) is 0 Å². The monoisotopic (exact) mass is 928 g/mol. The number of aromatic nitrogens is 4. The molecule has 5 nitrogen and oxygen atoms in total. The van der Waals surface area contributed by atoms with E-state index in [1.165, 1.54) is 22.1 Å². The quantitative estimate of drug-likeness (QED) is 0.175. The van der Waals surface area contributed by atoms with Gasteiger partial charge in [0.25, 0.3) is 0 Å². The van der Waals surface area contributed by atoms with Crippen LogP contribution in [-0.4, -0.2) is 24.6 Å². The van der Waals surface area contributed by atoms with E-state index >= 15 is 0 Å². The van der Waals surface area contributed by atoms with Crippen LogP contribution in [-0.2, 0) is 37.3 Å². The van der Waals surface area contributed by atoms with E-state index in [1.807, 2.05) is 42.6 Å². The molecule has 8 aromatic rings. The minimum atomic E-state index is -0.0740. The molecule has 0 fully saturated rings. The predicted octanol–water partition coefficient (Wildman–Crippen LogP) is 13.0. The number of fused-ring (bicyclic) bond motifs is 2. The van der Waals surface area contributed by atoms with Crippen LogP contribution in [0.5, 0.6) is 5.75 Å². The van der Waals surface area contributed by atoms with Crippen LogP contribution in [0.1, 0.15) is 79.0 Å². The molecule has 0 radical (unpaired) electrons. The van der Waals surface area contributed by atoms with Gasteiger partial charge in [0.1, 0.15) is 5.75 Å². The van der Waals surface area contributed by atoms with Crippen LogP contribution in [0.4, 0.5) is 0 Å². The van der Waals surface area contributed by atoms with E-state index in [9.17, 15) is 5.11 Å². The molecule has 8 rings (SSSR count). The molecular formula is C51H49N4OPt-. The number of para-hydroxylation sites is 1. The summed E-state index contributed by atoms with van der Waals surface area (Å²) in [7, 11) is 0. The SMILES string of the molecule is CC(C)(C)c1ccc(-n2c(-c3[c-]c(-c4cc(C(C)(C)C)cc5c(C(C)(C)C)ccnc45)ccc3)nc3c(-c4cc(-c5ccncc5)ccc4O)cccc32)cc1.[Pt]. The van der Waals surface area contributed by atoms with Gasteiger partial charge in [0.05, 0.1) is 16.9 Å². The van der Waals surface area contributed by atoms with Crippen LogP contribution in [0.2, 0.25) is 0 Å². The number of nitrogens with zero attached hydrogens (tertiary/aromatic N) is 4. The Bertz CT molecular complexity index is 2750. The zero-order valence-corrected chi connectivity index (χ0v) is 36.4. The minimum Gasteiger partial charge on any atom is -0.507 e. The van der Waals surface area contributed by atoms with Gasteiger partial charge in [0, 0.05) is 62.0 Å². The maximum atomic E-state index is 11.4. The van der Waals surface area contributed by atoms with Crippen LogP contribution < -0.4 is 0 Å². The number of hydrogen-bond acceptors (Lipinski definition) is 4. The van der Waals surface area contributed by atoms with Gasteiger partial charge in [-0.25, -0.2) is 0 Å². The van der Waals surface area contributed by atoms with E-state index in [0.29, 0.717) is 5.56 Å². The van der Waals surface area contributed by atoms with Gasteiger partial charge in [-0.2, -0.15) is 0 Å². The normalized spacial score (nSPS) is 12.2. The molecule has 0 spiro atoms. The zero-order valence-electron chi connectivity index (χ0n) is 34.2. The third-order valence-electron chi connectivity index (χ3n) is 10.8. The summed E-state index contributed by atoms with van der Waals surface area (Å²) in [5.74, 6) is 0.962. The Morgan fingerprint density at radius 3 is 1.93 bits per heavy atom. The molecule has 0 bridgehead atoms. The second-order valence-electron chi connectivity index (χ2n) is 18.0. The summed E-state index contributed by atoms with van der Waals surface area (Å²) in [5, 5.41) is 12.5. The van der Waals surface area contributed by atoms with Gasteiger partial charge < -0.3 is 9.67 Å². The molecule has 290 valence electrons. The fraction of sp³-hybridized carbons (Fsp3) is 0.235. The van der Waals surface area contributed by atoms with E-state index in [4.69, 9.17) is 9.97 Å². The number of phenols is 1. The summed E-state index contributed by atoms with van der Waals surface area (Å²) >= 11 is 0. The minimum absolute atomic E-state index is 0. The average molecular weight is 929 g/mol. The molecule has 3 aromatic heterocycles. The smallest absolute Gasteiger partial charge is 0.123 e. The third-order valence-corrected chi connectivity index (χ3v) is 10.8. The van der Waals surface area contributed by atoms with Gasteiger partial charge in [-0.1, -0.05) is 116 Å². The molecule has 0 aliphatic carbocycles. The first kappa shape index (κ1) is 39.8. The summed E-state index contributed by atoms with van der Waals surface area (Å²) in [4.78, 5) is 14.6. The molecule has 6 heteroatoms. The van der Waals surface area contributed by atoms with Crippen molar-refractivity contribution in [3.05, 3.63) is 151 Å². The summed E-state index contributed by atoms with van der Waals surface area (Å²) in [6, 6.07) is 41.6. The molecule has 0 atom stereocenters. The Balaban J connectivity index is 0.00000496. The summed E-state index contributed by atoms with van der Waals surface area (Å²) < 4.78 is 2.23. The summed E-state index contributed by atoms with van der Waals surface area (Å²) in [5.41, 5.74) is 13.8. The average Bonchev–Trinajstić information content (AvgIpc) is 3.57. The largest absolute Gasteiger partial charge is 0.507 e. The van der Waals surface area contributed by atoms with Crippen LogP contribution >= 0.6 is 0 Å². The topological polar surface area (TPSA) is 63.8 Å². The Kier molecular flexibility index (Phi) is 10.4. The van der Waals surface area contributed by atoms with E-state index in [2.05, 4.69) is 145 Å². The first-order valence-corrected chi connectivity index (χ1v) is 19.4. The molecular weight excluding hydrogens is 880 g/mol. The van der Waals surface area contributed by atoms with Crippen LogP contribution in [0.25, 0.3) is 72.4 Å². The Morgan fingerprint density at radius 2 is 1.25 bits per heavy atom. The molecule has 1 N–H and O–H groups in total. The maximum absolute atomic E-state index is 11.4. The van der Waals surface area contributed by atoms with Gasteiger partial charge in [-0.3, -0.25) is 15.0 Å². The Hall–Kier alpha value is -5.38. The van der Waals surface area contributed by atoms with Crippen LogP contribution in [0.15, 0.2) is 128 Å². The van der Waals surface area contributed by atoms with Gasteiger partial charge in [-0.05, 0) is 98.0 Å². The van der Waals surface area contributed by atoms with Crippen molar-refractivity contribution >= 4 is 21.9 Å². The number of aromatic hydroxyl groups is 1. The van der Waals surface area contributed by atoms with Gasteiger partial charge in [-0.15, -0.1) is 29.8 Å². The summed E-state index contributed by atoms with van der Waals surface area (Å²) in [6.07, 6.45) is 5.51. The van der Waals surface area contributed by atoms with Crippen LogP contribution in [0, 0.1) is 6.07 Å². The van der Waals surface area contributed by atoms with Crippen molar-refractivity contribution in [3.8, 4) is 56.2 Å². The molecule has 0 aliphatic heterocycles. The molecule has 0 amide bonds. The number of imidazole rings is 1. The van der Waals surface area contributed by atoms with Gasteiger partial charge in [0.2, 0.25) is 0 Å². The number of phenolic OH excluding ortho intramolecular Hbond substituents is 1. The number of benzene rings is 5. The third kappa shape index (κ3) is 7.58. The van der Waals surface area contributed by atoms with E-state index in [-0.39, 0.29) is 43.1 Å². The van der Waals surface area contributed by atoms with Crippen molar-refractivity contribution in [2.24, 2.45) is 0 Å². The van der Waals surface area contributed by atoms with E-state index < -0.39 is 0 Å². The predicted molar refractivity (Wildman–Crippen MR) is 233 cm³/mol. The summed E-state index contributed by atoms with van der Waals surface area (Å²) in [6.45, 7) is 20.3. The van der Waals surface area contributed by atoms with Crippen molar-refractivity contribution in [2.45, 2.75) is 78.6 Å². The van der Waals surface area contributed by atoms with Gasteiger partial charge in [0.15, 0.2) is 0 Å². The molecule has 5 aromatic carbocycles. The van der Waals surface area contributed by atoms with Crippen molar-refractivity contribution in [1.29, 1.82) is 0 Å².